The summed E-state index contributed by atoms with van der Waals surface area (Å²) in [4.78, 5) is 16.7. The number of benzene rings is 1. The molecule has 2 aromatic rings. The predicted molar refractivity (Wildman–Crippen MR) is 76.2 cm³/mol. The Labute approximate surface area is 113 Å². The number of nitrogens with one attached hydrogen (secondary N) is 3. The maximum Gasteiger partial charge on any atom is 0.323 e. The molecule has 0 aliphatic rings. The smallest absolute Gasteiger partial charge is 0.323 e. The van der Waals surface area contributed by atoms with Gasteiger partial charge in [-0.2, -0.15) is 0 Å². The quantitative estimate of drug-likeness (QED) is 0.794. The number of aromatic amines is 2. The van der Waals surface area contributed by atoms with Gasteiger partial charge >= 0.3 is 5.69 Å². The molecular weight excluding hydrogens is 298 g/mol. The Morgan fingerprint density at radius 1 is 1.39 bits per heavy atom. The molecule has 0 aliphatic heterocycles. The van der Waals surface area contributed by atoms with Gasteiger partial charge in [0, 0.05) is 17.6 Å². The first-order valence-electron chi connectivity index (χ1n) is 5.81. The van der Waals surface area contributed by atoms with Crippen LogP contribution in [0, 0.1) is 0 Å². The Kier molecular flexibility index (Phi) is 4.08. The van der Waals surface area contributed by atoms with E-state index >= 15 is 0 Å². The number of rotatable bonds is 5. The Morgan fingerprint density at radius 3 is 2.67 bits per heavy atom. The number of halogens is 1. The highest BCUT2D eigenvalue weighted by Crippen LogP contribution is 2.27. The average molecular weight is 314 g/mol. The monoisotopic (exact) mass is 313 g/mol. The molecule has 0 amide bonds. The second kappa shape index (κ2) is 5.58. The highest BCUT2D eigenvalue weighted by molar-refractivity contribution is 9.10. The van der Waals surface area contributed by atoms with Gasteiger partial charge in [0.25, 0.3) is 0 Å². The number of imidazole rings is 1. The minimum atomic E-state index is -0.196. The SMILES string of the molecule is CCC(COC)Nc1cc2[nH]c(=O)[nH]c2cc1Br. The molecule has 0 saturated carbocycles. The van der Waals surface area contributed by atoms with E-state index in [1.165, 1.54) is 0 Å². The number of hydrogen-bond acceptors (Lipinski definition) is 3. The minimum Gasteiger partial charge on any atom is -0.383 e. The van der Waals surface area contributed by atoms with E-state index in [1.54, 1.807) is 7.11 Å². The van der Waals surface area contributed by atoms with Crippen LogP contribution in [-0.2, 0) is 4.74 Å². The number of anilines is 1. The summed E-state index contributed by atoms with van der Waals surface area (Å²) in [6.45, 7) is 2.74. The van der Waals surface area contributed by atoms with Crippen LogP contribution >= 0.6 is 15.9 Å². The maximum atomic E-state index is 11.2. The fourth-order valence-corrected chi connectivity index (χ4v) is 2.31. The van der Waals surface area contributed by atoms with Crippen molar-refractivity contribution < 1.29 is 4.74 Å². The third-order valence-corrected chi connectivity index (χ3v) is 3.48. The molecule has 1 aromatic carbocycles. The van der Waals surface area contributed by atoms with Crippen LogP contribution in [0.3, 0.4) is 0 Å². The first kappa shape index (κ1) is 13.2. The van der Waals surface area contributed by atoms with Crippen LogP contribution in [-0.4, -0.2) is 29.7 Å². The van der Waals surface area contributed by atoms with Crippen molar-refractivity contribution in [2.75, 3.05) is 19.0 Å². The van der Waals surface area contributed by atoms with Gasteiger partial charge in [-0.1, -0.05) is 6.92 Å². The van der Waals surface area contributed by atoms with Crippen molar-refractivity contribution in [2.24, 2.45) is 0 Å². The van der Waals surface area contributed by atoms with Gasteiger partial charge in [-0.05, 0) is 34.5 Å². The van der Waals surface area contributed by atoms with E-state index in [-0.39, 0.29) is 11.7 Å². The van der Waals surface area contributed by atoms with Crippen LogP contribution in [0.15, 0.2) is 21.4 Å². The van der Waals surface area contributed by atoms with Gasteiger partial charge in [0.2, 0.25) is 0 Å². The van der Waals surface area contributed by atoms with Crippen molar-refractivity contribution >= 4 is 32.7 Å². The summed E-state index contributed by atoms with van der Waals surface area (Å²) < 4.78 is 6.07. The van der Waals surface area contributed by atoms with Gasteiger partial charge in [-0.3, -0.25) is 0 Å². The summed E-state index contributed by atoms with van der Waals surface area (Å²) >= 11 is 3.50. The fraction of sp³-hybridized carbons (Fsp3) is 0.417. The number of H-pyrrole nitrogens is 2. The van der Waals surface area contributed by atoms with Gasteiger partial charge in [0.05, 0.1) is 23.3 Å². The van der Waals surface area contributed by atoms with E-state index in [1.807, 2.05) is 12.1 Å². The molecule has 2 rings (SSSR count). The van der Waals surface area contributed by atoms with Crippen LogP contribution < -0.4 is 11.0 Å². The lowest BCUT2D eigenvalue weighted by Crippen LogP contribution is -2.24. The summed E-state index contributed by atoms with van der Waals surface area (Å²) in [5, 5.41) is 3.39. The molecule has 6 heteroatoms. The molecule has 0 aliphatic carbocycles. The zero-order valence-corrected chi connectivity index (χ0v) is 11.9. The molecule has 1 aromatic heterocycles. The van der Waals surface area contributed by atoms with Crippen molar-refractivity contribution in [1.29, 1.82) is 0 Å². The molecule has 0 radical (unpaired) electrons. The predicted octanol–water partition coefficient (Wildman–Crippen LogP) is 2.46. The standard InChI is InChI=1S/C12H16BrN3O2/c1-3-7(6-18-2)14-9-5-11-10(4-8(9)13)15-12(17)16-11/h4-5,7,14H,3,6H2,1-2H3,(H2,15,16,17). The van der Waals surface area contributed by atoms with Crippen LogP contribution in [0.2, 0.25) is 0 Å². The molecule has 0 bridgehead atoms. The zero-order chi connectivity index (χ0) is 13.1. The van der Waals surface area contributed by atoms with Gasteiger partial charge < -0.3 is 20.0 Å². The lowest BCUT2D eigenvalue weighted by Gasteiger charge is -2.18. The van der Waals surface area contributed by atoms with Gasteiger partial charge in [0.15, 0.2) is 0 Å². The second-order valence-corrected chi connectivity index (χ2v) is 5.02. The molecule has 98 valence electrons. The van der Waals surface area contributed by atoms with Gasteiger partial charge in [-0.15, -0.1) is 0 Å². The number of methoxy groups -OCH3 is 1. The third kappa shape index (κ3) is 2.76. The van der Waals surface area contributed by atoms with E-state index in [2.05, 4.69) is 38.1 Å². The molecular formula is C12H16BrN3O2. The van der Waals surface area contributed by atoms with E-state index in [9.17, 15) is 4.79 Å². The van der Waals surface area contributed by atoms with Crippen molar-refractivity contribution in [2.45, 2.75) is 19.4 Å². The van der Waals surface area contributed by atoms with E-state index in [0.717, 1.165) is 27.6 Å². The molecule has 5 nitrogen and oxygen atoms in total. The normalized spacial score (nSPS) is 12.8. The summed E-state index contributed by atoms with van der Waals surface area (Å²) in [7, 11) is 1.69. The van der Waals surface area contributed by atoms with Crippen molar-refractivity contribution in [1.82, 2.24) is 9.97 Å². The van der Waals surface area contributed by atoms with Crippen LogP contribution in [0.1, 0.15) is 13.3 Å². The lowest BCUT2D eigenvalue weighted by molar-refractivity contribution is 0.184. The topological polar surface area (TPSA) is 69.9 Å². The van der Waals surface area contributed by atoms with E-state index < -0.39 is 0 Å². The summed E-state index contributed by atoms with van der Waals surface area (Å²) in [6.07, 6.45) is 0.960. The molecule has 0 fully saturated rings. The average Bonchev–Trinajstić information content (AvgIpc) is 2.68. The first-order chi connectivity index (χ1) is 8.63. The number of aromatic nitrogens is 2. The largest absolute Gasteiger partial charge is 0.383 e. The Balaban J connectivity index is 2.31. The second-order valence-electron chi connectivity index (χ2n) is 4.16. The molecule has 18 heavy (non-hydrogen) atoms. The first-order valence-corrected chi connectivity index (χ1v) is 6.60. The number of hydrogen-bond donors (Lipinski definition) is 3. The molecule has 1 heterocycles. The number of fused-ring (bicyclic) bond motifs is 1. The van der Waals surface area contributed by atoms with Crippen molar-refractivity contribution in [3.8, 4) is 0 Å². The van der Waals surface area contributed by atoms with Crippen LogP contribution in [0.5, 0.6) is 0 Å². The zero-order valence-electron chi connectivity index (χ0n) is 10.3. The Morgan fingerprint density at radius 2 is 2.06 bits per heavy atom. The fourth-order valence-electron chi connectivity index (χ4n) is 1.85. The highest BCUT2D eigenvalue weighted by Gasteiger charge is 2.10. The Bertz CT molecular complexity index is 591. The molecule has 1 unspecified atom stereocenters. The summed E-state index contributed by atoms with van der Waals surface area (Å²) in [5.41, 5.74) is 2.33. The molecule has 1 atom stereocenters. The van der Waals surface area contributed by atoms with Crippen molar-refractivity contribution in [3.05, 3.63) is 27.1 Å². The summed E-state index contributed by atoms with van der Waals surface area (Å²) in [5.74, 6) is 0. The maximum absolute atomic E-state index is 11.2. The van der Waals surface area contributed by atoms with E-state index in [0.29, 0.717) is 6.61 Å². The summed E-state index contributed by atoms with van der Waals surface area (Å²) in [6, 6.07) is 4.04. The lowest BCUT2D eigenvalue weighted by atomic mass is 10.2. The minimum absolute atomic E-state index is 0.196. The van der Waals surface area contributed by atoms with Gasteiger partial charge in [-0.25, -0.2) is 4.79 Å². The van der Waals surface area contributed by atoms with E-state index in [4.69, 9.17) is 4.74 Å². The van der Waals surface area contributed by atoms with Crippen LogP contribution in [0.25, 0.3) is 11.0 Å². The van der Waals surface area contributed by atoms with Crippen LogP contribution in [0.4, 0.5) is 5.69 Å². The third-order valence-electron chi connectivity index (χ3n) is 2.82. The van der Waals surface area contributed by atoms with Gasteiger partial charge in [0.1, 0.15) is 0 Å². The molecule has 3 N–H and O–H groups in total. The molecule has 0 saturated heterocycles. The molecule has 0 spiro atoms. The van der Waals surface area contributed by atoms with Crippen molar-refractivity contribution in [3.63, 3.8) is 0 Å². The number of ether oxygens (including phenoxy) is 1. The highest BCUT2D eigenvalue weighted by atomic mass is 79.9. The Hall–Kier alpha value is -1.27.